The van der Waals surface area contributed by atoms with Crippen molar-refractivity contribution in [1.29, 1.82) is 0 Å². The van der Waals surface area contributed by atoms with Gasteiger partial charge in [-0.25, -0.2) is 5.01 Å². The molecule has 4 aromatic rings. The molecule has 11 nitrogen and oxygen atoms in total. The van der Waals surface area contributed by atoms with Crippen LogP contribution < -0.4 is 0 Å². The Kier molecular flexibility index (Phi) is 4.12. The summed E-state index contributed by atoms with van der Waals surface area (Å²) in [6, 6.07) is 12.5. The van der Waals surface area contributed by atoms with E-state index < -0.39 is 22.8 Å². The van der Waals surface area contributed by atoms with E-state index in [1.165, 1.54) is 11.3 Å². The summed E-state index contributed by atoms with van der Waals surface area (Å²) in [6.45, 7) is -0.255. The first-order valence-corrected chi connectivity index (χ1v) is 9.04. The van der Waals surface area contributed by atoms with Gasteiger partial charge in [-0.1, -0.05) is 23.2 Å². The highest BCUT2D eigenvalue weighted by atomic mass is 16.6. The van der Waals surface area contributed by atoms with Crippen LogP contribution in [0.2, 0.25) is 0 Å². The van der Waals surface area contributed by atoms with Crippen LogP contribution in [0.4, 0.5) is 5.95 Å². The first-order chi connectivity index (χ1) is 14.6. The van der Waals surface area contributed by atoms with Gasteiger partial charge in [0.2, 0.25) is 6.33 Å². The molecule has 1 amide bonds. The largest absolute Gasteiger partial charge is 0.490 e. The number of fused-ring (bicyclic) bond motifs is 1. The predicted octanol–water partition coefficient (Wildman–Crippen LogP) is 2.90. The molecule has 0 aliphatic carbocycles. The maximum Gasteiger partial charge on any atom is 0.490 e. The number of hydrogen-bond donors (Lipinski definition) is 0. The Bertz CT molecular complexity index is 1240. The lowest BCUT2D eigenvalue weighted by Crippen LogP contribution is -2.30. The normalized spacial score (nSPS) is 16.2. The Morgan fingerprint density at radius 1 is 1.27 bits per heavy atom. The predicted molar refractivity (Wildman–Crippen MR) is 102 cm³/mol. The van der Waals surface area contributed by atoms with Gasteiger partial charge in [-0.05, 0) is 29.2 Å². The van der Waals surface area contributed by atoms with E-state index in [0.717, 1.165) is 22.0 Å². The van der Waals surface area contributed by atoms with Crippen molar-refractivity contribution in [3.8, 4) is 0 Å². The van der Waals surface area contributed by atoms with E-state index in [0.29, 0.717) is 23.7 Å². The molecule has 0 unspecified atom stereocenters. The topological polar surface area (TPSA) is 133 Å². The lowest BCUT2D eigenvalue weighted by molar-refractivity contribution is -0.394. The van der Waals surface area contributed by atoms with Crippen molar-refractivity contribution in [2.24, 2.45) is 5.10 Å². The number of carbonyl (C=O) groups is 1. The molecule has 1 aliphatic rings. The third-order valence-corrected chi connectivity index (χ3v) is 4.73. The Hall–Kier alpha value is -4.28. The smallest absolute Gasteiger partial charge is 0.467 e. The third-order valence-electron chi connectivity index (χ3n) is 4.73. The molecule has 150 valence electrons. The second kappa shape index (κ2) is 6.95. The van der Waals surface area contributed by atoms with E-state index >= 15 is 0 Å². The molecule has 0 radical (unpaired) electrons. The second-order valence-electron chi connectivity index (χ2n) is 6.67. The van der Waals surface area contributed by atoms with E-state index in [9.17, 15) is 14.9 Å². The average molecular weight is 406 g/mol. The van der Waals surface area contributed by atoms with Crippen LogP contribution in [-0.4, -0.2) is 36.3 Å². The molecular formula is C19H14N6O5. The summed E-state index contributed by atoms with van der Waals surface area (Å²) in [4.78, 5) is 26.5. The number of nitrogens with zero attached hydrogens (tertiary/aromatic N) is 6. The fraction of sp³-hybridized carbons (Fsp3) is 0.158. The maximum atomic E-state index is 12.9. The van der Waals surface area contributed by atoms with E-state index in [-0.39, 0.29) is 6.54 Å². The van der Waals surface area contributed by atoms with Crippen molar-refractivity contribution in [1.82, 2.24) is 19.8 Å². The summed E-state index contributed by atoms with van der Waals surface area (Å²) in [5.74, 6) is 0.155. The molecule has 5 rings (SSSR count). The van der Waals surface area contributed by atoms with Crippen molar-refractivity contribution in [3.05, 3.63) is 76.7 Å². The molecule has 1 aromatic carbocycles. The minimum absolute atomic E-state index is 0.255. The van der Waals surface area contributed by atoms with Crippen LogP contribution in [0.5, 0.6) is 0 Å². The number of hydrogen-bond acceptors (Lipinski definition) is 8. The summed E-state index contributed by atoms with van der Waals surface area (Å²) in [5.41, 5.74) is 1.33. The van der Waals surface area contributed by atoms with Gasteiger partial charge in [0.15, 0.2) is 5.76 Å². The van der Waals surface area contributed by atoms with Crippen LogP contribution >= 0.6 is 0 Å². The SMILES string of the molecule is O=C(Cn1cnc([N+](=O)[O-])n1)N1N=C(c2cc3ccccc3o2)C[C@H]1c1ccco1. The zero-order valence-corrected chi connectivity index (χ0v) is 15.4. The fourth-order valence-electron chi connectivity index (χ4n) is 3.37. The summed E-state index contributed by atoms with van der Waals surface area (Å²) in [6.07, 6.45) is 3.06. The number of benzene rings is 1. The molecule has 0 saturated heterocycles. The van der Waals surface area contributed by atoms with E-state index in [1.54, 1.807) is 12.1 Å². The van der Waals surface area contributed by atoms with Gasteiger partial charge in [0, 0.05) is 16.9 Å². The van der Waals surface area contributed by atoms with Gasteiger partial charge in [-0.3, -0.25) is 4.79 Å². The quantitative estimate of drug-likeness (QED) is 0.367. The van der Waals surface area contributed by atoms with Gasteiger partial charge in [-0.2, -0.15) is 9.78 Å². The zero-order chi connectivity index (χ0) is 20.7. The van der Waals surface area contributed by atoms with Crippen molar-refractivity contribution >= 4 is 28.5 Å². The molecule has 0 N–H and O–H groups in total. The molecule has 11 heteroatoms. The van der Waals surface area contributed by atoms with Gasteiger partial charge in [0.05, 0.1) is 6.26 Å². The first-order valence-electron chi connectivity index (χ1n) is 9.04. The Labute approximate surface area is 168 Å². The number of para-hydroxylation sites is 1. The number of rotatable bonds is 5. The van der Waals surface area contributed by atoms with Gasteiger partial charge < -0.3 is 18.9 Å². The number of aromatic nitrogens is 3. The van der Waals surface area contributed by atoms with Crippen molar-refractivity contribution < 1.29 is 18.6 Å². The minimum Gasteiger partial charge on any atom is -0.467 e. The van der Waals surface area contributed by atoms with Crippen LogP contribution in [0.25, 0.3) is 11.0 Å². The highest BCUT2D eigenvalue weighted by molar-refractivity contribution is 6.03. The number of furan rings is 2. The summed E-state index contributed by atoms with van der Waals surface area (Å²) < 4.78 is 12.5. The highest BCUT2D eigenvalue weighted by Gasteiger charge is 2.36. The van der Waals surface area contributed by atoms with Gasteiger partial charge in [0.1, 0.15) is 29.6 Å². The van der Waals surface area contributed by atoms with Gasteiger partial charge in [0.25, 0.3) is 5.91 Å². The molecule has 0 spiro atoms. The number of carbonyl (C=O) groups excluding carboxylic acids is 1. The van der Waals surface area contributed by atoms with Crippen LogP contribution in [0.1, 0.15) is 24.0 Å². The van der Waals surface area contributed by atoms with Crippen molar-refractivity contribution in [2.45, 2.75) is 19.0 Å². The molecule has 0 bridgehead atoms. The lowest BCUT2D eigenvalue weighted by Gasteiger charge is -2.19. The number of amides is 1. The van der Waals surface area contributed by atoms with Crippen molar-refractivity contribution in [3.63, 3.8) is 0 Å². The Morgan fingerprint density at radius 2 is 2.13 bits per heavy atom. The van der Waals surface area contributed by atoms with Crippen LogP contribution in [0, 0.1) is 10.1 Å². The number of hydrazone groups is 1. The van der Waals surface area contributed by atoms with Crippen molar-refractivity contribution in [2.75, 3.05) is 0 Å². The average Bonchev–Trinajstić information content (AvgIpc) is 3.52. The van der Waals surface area contributed by atoms with Crippen LogP contribution in [-0.2, 0) is 11.3 Å². The molecule has 30 heavy (non-hydrogen) atoms. The highest BCUT2D eigenvalue weighted by Crippen LogP contribution is 2.34. The van der Waals surface area contributed by atoms with Gasteiger partial charge >= 0.3 is 5.95 Å². The Balaban J connectivity index is 1.45. The summed E-state index contributed by atoms with van der Waals surface area (Å²) in [5, 5.41) is 21.2. The first kappa shape index (κ1) is 17.8. The summed E-state index contributed by atoms with van der Waals surface area (Å²) in [7, 11) is 0. The zero-order valence-electron chi connectivity index (χ0n) is 15.4. The Morgan fingerprint density at radius 3 is 2.87 bits per heavy atom. The summed E-state index contributed by atoms with van der Waals surface area (Å²) >= 11 is 0. The second-order valence-corrected chi connectivity index (χ2v) is 6.67. The standard InChI is InChI=1S/C19H14N6O5/c26-18(10-23-11-20-19(22-23)25(27)28)24-14(16-6-3-7-29-16)9-13(21-24)17-8-12-4-1-2-5-15(12)30-17/h1-8,11,14H,9-10H2/t14-/m0/s1. The lowest BCUT2D eigenvalue weighted by atomic mass is 10.1. The van der Waals surface area contributed by atoms with E-state index in [2.05, 4.69) is 15.2 Å². The molecule has 1 aliphatic heterocycles. The number of nitro groups is 1. The molecule has 0 fully saturated rings. The van der Waals surface area contributed by atoms with Gasteiger partial charge in [-0.15, -0.1) is 0 Å². The van der Waals surface area contributed by atoms with E-state index in [4.69, 9.17) is 8.83 Å². The van der Waals surface area contributed by atoms with E-state index in [1.807, 2.05) is 30.3 Å². The molecule has 1 atom stereocenters. The molecule has 4 heterocycles. The minimum atomic E-state index is -0.722. The third kappa shape index (κ3) is 3.11. The maximum absolute atomic E-state index is 12.9. The molecule has 3 aromatic heterocycles. The fourth-order valence-corrected chi connectivity index (χ4v) is 3.37. The monoisotopic (exact) mass is 406 g/mol. The van der Waals surface area contributed by atoms with Crippen LogP contribution in [0.15, 0.2) is 69.0 Å². The molecule has 0 saturated carbocycles. The molecular weight excluding hydrogens is 392 g/mol. The van der Waals surface area contributed by atoms with Crippen LogP contribution in [0.3, 0.4) is 0 Å².